The standard InChI is InChI=1S/C10H14N4O2S/c1-3-15-5-10(2,11)9-13-8(16-14-9)7-4-17-6-12-7/h4,6H,3,5,11H2,1-2H3. The number of rotatable bonds is 5. The Balaban J connectivity index is 2.18. The summed E-state index contributed by atoms with van der Waals surface area (Å²) in [6.07, 6.45) is 0. The Labute approximate surface area is 103 Å². The van der Waals surface area contributed by atoms with Gasteiger partial charge in [0.15, 0.2) is 5.82 Å². The van der Waals surface area contributed by atoms with Gasteiger partial charge >= 0.3 is 0 Å². The fourth-order valence-corrected chi connectivity index (χ4v) is 1.78. The number of thiazole rings is 1. The Hall–Kier alpha value is -1.31. The molecule has 1 atom stereocenters. The highest BCUT2D eigenvalue weighted by atomic mass is 32.1. The van der Waals surface area contributed by atoms with Gasteiger partial charge in [0, 0.05) is 12.0 Å². The Morgan fingerprint density at radius 3 is 3.06 bits per heavy atom. The summed E-state index contributed by atoms with van der Waals surface area (Å²) in [5.74, 6) is 0.809. The number of nitrogens with two attached hydrogens (primary N) is 1. The first-order valence-corrected chi connectivity index (χ1v) is 6.17. The molecule has 2 N–H and O–H groups in total. The maximum atomic E-state index is 6.06. The number of hydrogen-bond acceptors (Lipinski definition) is 7. The normalized spacial score (nSPS) is 14.8. The van der Waals surface area contributed by atoms with Gasteiger partial charge in [-0.1, -0.05) is 5.16 Å². The maximum Gasteiger partial charge on any atom is 0.277 e. The number of hydrogen-bond donors (Lipinski definition) is 1. The van der Waals surface area contributed by atoms with Crippen LogP contribution in [0.1, 0.15) is 19.7 Å². The van der Waals surface area contributed by atoms with Gasteiger partial charge in [0.05, 0.1) is 12.1 Å². The predicted octanol–water partition coefficient (Wildman–Crippen LogP) is 1.40. The van der Waals surface area contributed by atoms with Gasteiger partial charge in [-0.3, -0.25) is 0 Å². The third-order valence-electron chi connectivity index (χ3n) is 2.19. The minimum atomic E-state index is -0.756. The van der Waals surface area contributed by atoms with Crippen molar-refractivity contribution in [1.29, 1.82) is 0 Å². The van der Waals surface area contributed by atoms with Crippen LogP contribution < -0.4 is 5.73 Å². The molecule has 0 saturated heterocycles. The van der Waals surface area contributed by atoms with Gasteiger partial charge in [0.1, 0.15) is 11.2 Å². The maximum absolute atomic E-state index is 6.06. The van der Waals surface area contributed by atoms with Crippen molar-refractivity contribution < 1.29 is 9.26 Å². The zero-order chi connectivity index (χ0) is 12.3. The summed E-state index contributed by atoms with van der Waals surface area (Å²) in [7, 11) is 0. The molecule has 0 spiro atoms. The molecule has 2 rings (SSSR count). The topological polar surface area (TPSA) is 87.1 Å². The van der Waals surface area contributed by atoms with Crippen LogP contribution in [0.2, 0.25) is 0 Å². The second kappa shape index (κ2) is 4.91. The lowest BCUT2D eigenvalue weighted by atomic mass is 10.1. The fraction of sp³-hybridized carbons (Fsp3) is 0.500. The van der Waals surface area contributed by atoms with Crippen molar-refractivity contribution in [2.75, 3.05) is 13.2 Å². The summed E-state index contributed by atoms with van der Waals surface area (Å²) in [4.78, 5) is 8.33. The summed E-state index contributed by atoms with van der Waals surface area (Å²) in [6, 6.07) is 0. The van der Waals surface area contributed by atoms with Crippen molar-refractivity contribution >= 4 is 11.3 Å². The Bertz CT molecular complexity index is 466. The largest absolute Gasteiger partial charge is 0.379 e. The summed E-state index contributed by atoms with van der Waals surface area (Å²) >= 11 is 1.47. The highest BCUT2D eigenvalue weighted by molar-refractivity contribution is 7.07. The van der Waals surface area contributed by atoms with Crippen LogP contribution in [0.15, 0.2) is 15.4 Å². The van der Waals surface area contributed by atoms with Crippen molar-refractivity contribution in [3.63, 3.8) is 0 Å². The van der Waals surface area contributed by atoms with E-state index in [1.807, 2.05) is 12.3 Å². The molecule has 1 unspecified atom stereocenters. The van der Waals surface area contributed by atoms with Crippen molar-refractivity contribution in [2.45, 2.75) is 19.4 Å². The number of ether oxygens (including phenoxy) is 1. The molecule has 0 aliphatic heterocycles. The van der Waals surface area contributed by atoms with Crippen molar-refractivity contribution in [3.8, 4) is 11.6 Å². The summed E-state index contributed by atoms with van der Waals surface area (Å²) < 4.78 is 10.4. The molecule has 7 heteroatoms. The molecule has 6 nitrogen and oxygen atoms in total. The van der Waals surface area contributed by atoms with E-state index in [-0.39, 0.29) is 0 Å². The molecule has 17 heavy (non-hydrogen) atoms. The van der Waals surface area contributed by atoms with E-state index in [0.717, 1.165) is 0 Å². The third kappa shape index (κ3) is 2.68. The van der Waals surface area contributed by atoms with Crippen LogP contribution >= 0.6 is 11.3 Å². The SMILES string of the molecule is CCOCC(C)(N)c1noc(-c2cscn2)n1. The van der Waals surface area contributed by atoms with E-state index in [1.165, 1.54) is 11.3 Å². The molecule has 92 valence electrons. The summed E-state index contributed by atoms with van der Waals surface area (Å²) in [6.45, 7) is 4.66. The first-order chi connectivity index (χ1) is 8.13. The minimum absolute atomic E-state index is 0.347. The van der Waals surface area contributed by atoms with Gasteiger partial charge in [0.25, 0.3) is 5.89 Å². The van der Waals surface area contributed by atoms with E-state index >= 15 is 0 Å². The molecule has 0 saturated carbocycles. The highest BCUT2D eigenvalue weighted by Gasteiger charge is 2.28. The van der Waals surface area contributed by atoms with Gasteiger partial charge in [-0.2, -0.15) is 4.98 Å². The molecular formula is C10H14N4O2S. The van der Waals surface area contributed by atoms with E-state index in [9.17, 15) is 0 Å². The highest BCUT2D eigenvalue weighted by Crippen LogP contribution is 2.21. The van der Waals surface area contributed by atoms with E-state index in [1.54, 1.807) is 12.4 Å². The number of nitrogens with zero attached hydrogens (tertiary/aromatic N) is 3. The quantitative estimate of drug-likeness (QED) is 0.867. The second-order valence-electron chi connectivity index (χ2n) is 3.85. The van der Waals surface area contributed by atoms with Crippen molar-refractivity contribution in [3.05, 3.63) is 16.7 Å². The lowest BCUT2D eigenvalue weighted by Crippen LogP contribution is -2.39. The summed E-state index contributed by atoms with van der Waals surface area (Å²) in [5, 5.41) is 5.71. The van der Waals surface area contributed by atoms with Gasteiger partial charge in [-0.15, -0.1) is 11.3 Å². The lowest BCUT2D eigenvalue weighted by molar-refractivity contribution is 0.0962. The molecule has 0 aliphatic carbocycles. The molecule has 0 radical (unpaired) electrons. The first kappa shape index (κ1) is 12.2. The molecular weight excluding hydrogens is 240 g/mol. The predicted molar refractivity (Wildman–Crippen MR) is 63.4 cm³/mol. The molecule has 0 bridgehead atoms. The van der Waals surface area contributed by atoms with Gasteiger partial charge in [0.2, 0.25) is 0 Å². The van der Waals surface area contributed by atoms with Crippen molar-refractivity contribution in [1.82, 2.24) is 15.1 Å². The molecule has 0 aromatic carbocycles. The van der Waals surface area contributed by atoms with Crippen LogP contribution in [0.4, 0.5) is 0 Å². The average Bonchev–Trinajstić information content (AvgIpc) is 2.95. The zero-order valence-electron chi connectivity index (χ0n) is 9.71. The van der Waals surface area contributed by atoms with Crippen LogP contribution in [0, 0.1) is 0 Å². The van der Waals surface area contributed by atoms with Gasteiger partial charge in [-0.05, 0) is 13.8 Å². The molecule has 0 fully saturated rings. The minimum Gasteiger partial charge on any atom is -0.379 e. The van der Waals surface area contributed by atoms with E-state index < -0.39 is 5.54 Å². The first-order valence-electron chi connectivity index (χ1n) is 5.23. The van der Waals surface area contributed by atoms with Crippen LogP contribution in [-0.4, -0.2) is 28.3 Å². The van der Waals surface area contributed by atoms with E-state index in [2.05, 4.69) is 15.1 Å². The second-order valence-corrected chi connectivity index (χ2v) is 4.57. The third-order valence-corrected chi connectivity index (χ3v) is 2.78. The van der Waals surface area contributed by atoms with Crippen LogP contribution in [0.5, 0.6) is 0 Å². The monoisotopic (exact) mass is 254 g/mol. The van der Waals surface area contributed by atoms with Crippen LogP contribution in [0.25, 0.3) is 11.6 Å². The van der Waals surface area contributed by atoms with Gasteiger partial charge < -0.3 is 15.0 Å². The van der Waals surface area contributed by atoms with E-state index in [0.29, 0.717) is 30.6 Å². The fourth-order valence-electron chi connectivity index (χ4n) is 1.26. The number of aromatic nitrogens is 3. The van der Waals surface area contributed by atoms with Crippen molar-refractivity contribution in [2.24, 2.45) is 5.73 Å². The average molecular weight is 254 g/mol. The Kier molecular flexibility index (Phi) is 3.51. The van der Waals surface area contributed by atoms with E-state index in [4.69, 9.17) is 15.0 Å². The molecule has 0 amide bonds. The van der Waals surface area contributed by atoms with Crippen LogP contribution in [0.3, 0.4) is 0 Å². The summed E-state index contributed by atoms with van der Waals surface area (Å²) in [5.41, 5.74) is 7.68. The Morgan fingerprint density at radius 2 is 2.41 bits per heavy atom. The van der Waals surface area contributed by atoms with Gasteiger partial charge in [-0.25, -0.2) is 4.98 Å². The molecule has 0 aliphatic rings. The molecule has 2 heterocycles. The smallest absolute Gasteiger partial charge is 0.277 e. The zero-order valence-corrected chi connectivity index (χ0v) is 10.5. The molecule has 2 aromatic rings. The molecule has 2 aromatic heterocycles. The Morgan fingerprint density at radius 1 is 1.59 bits per heavy atom. The lowest BCUT2D eigenvalue weighted by Gasteiger charge is -2.19. The van der Waals surface area contributed by atoms with Crippen LogP contribution in [-0.2, 0) is 10.3 Å².